The summed E-state index contributed by atoms with van der Waals surface area (Å²) in [5, 5.41) is 2.67. The van der Waals surface area contributed by atoms with Gasteiger partial charge in [0, 0.05) is 20.1 Å². The van der Waals surface area contributed by atoms with Crippen molar-refractivity contribution in [1.29, 1.82) is 0 Å². The average molecular weight is 264 g/mol. The molecule has 1 aliphatic carbocycles. The van der Waals surface area contributed by atoms with Crippen molar-refractivity contribution in [2.75, 3.05) is 20.1 Å². The molecule has 0 radical (unpaired) electrons. The molecule has 0 spiro atoms. The molecule has 0 saturated heterocycles. The van der Waals surface area contributed by atoms with Crippen LogP contribution >= 0.6 is 0 Å². The monoisotopic (exact) mass is 264 g/mol. The van der Waals surface area contributed by atoms with Gasteiger partial charge in [-0.05, 0) is 25.2 Å². The topological polar surface area (TPSA) is 32.3 Å². The van der Waals surface area contributed by atoms with E-state index >= 15 is 0 Å². The maximum Gasteiger partial charge on any atom is 0.390 e. The van der Waals surface area contributed by atoms with Crippen LogP contribution in [0.4, 0.5) is 18.0 Å². The minimum atomic E-state index is -4.22. The van der Waals surface area contributed by atoms with E-state index in [2.05, 4.69) is 17.5 Å². The Morgan fingerprint density at radius 1 is 1.44 bits per heavy atom. The quantitative estimate of drug-likeness (QED) is 0.778. The molecule has 1 unspecified atom stereocenters. The van der Waals surface area contributed by atoms with Crippen molar-refractivity contribution < 1.29 is 18.0 Å². The third-order valence-corrected chi connectivity index (χ3v) is 3.00. The maximum atomic E-state index is 12.0. The van der Waals surface area contributed by atoms with Gasteiger partial charge in [0.05, 0.1) is 6.42 Å². The van der Waals surface area contributed by atoms with Gasteiger partial charge in [-0.25, -0.2) is 4.79 Å². The van der Waals surface area contributed by atoms with E-state index in [1.807, 2.05) is 0 Å². The molecule has 1 atom stereocenters. The van der Waals surface area contributed by atoms with E-state index < -0.39 is 18.6 Å². The van der Waals surface area contributed by atoms with Crippen molar-refractivity contribution in [2.45, 2.75) is 31.9 Å². The number of allylic oxidation sites excluding steroid dienone is 2. The van der Waals surface area contributed by atoms with Gasteiger partial charge >= 0.3 is 12.2 Å². The number of nitrogens with one attached hydrogen (secondary N) is 1. The minimum Gasteiger partial charge on any atom is -0.338 e. The second kappa shape index (κ2) is 6.66. The number of carbonyl (C=O) groups excluding carboxylic acids is 1. The molecule has 2 amide bonds. The van der Waals surface area contributed by atoms with Gasteiger partial charge in [-0.3, -0.25) is 0 Å². The van der Waals surface area contributed by atoms with Crippen LogP contribution in [0, 0.1) is 5.92 Å². The van der Waals surface area contributed by atoms with Crippen LogP contribution in [-0.2, 0) is 0 Å². The number of nitrogens with zero attached hydrogens (tertiary/aromatic N) is 1. The van der Waals surface area contributed by atoms with Crippen LogP contribution in [0.15, 0.2) is 12.2 Å². The third-order valence-electron chi connectivity index (χ3n) is 3.00. The molecule has 3 nitrogen and oxygen atoms in total. The molecule has 0 aromatic rings. The number of amides is 2. The zero-order chi connectivity index (χ0) is 13.6. The van der Waals surface area contributed by atoms with Gasteiger partial charge in [0.25, 0.3) is 0 Å². The van der Waals surface area contributed by atoms with E-state index in [9.17, 15) is 18.0 Å². The molecule has 6 heteroatoms. The fraction of sp³-hybridized carbons (Fsp3) is 0.750. The van der Waals surface area contributed by atoms with Crippen molar-refractivity contribution in [3.63, 3.8) is 0 Å². The lowest BCUT2D eigenvalue weighted by Gasteiger charge is -2.22. The molecule has 18 heavy (non-hydrogen) atoms. The van der Waals surface area contributed by atoms with E-state index in [-0.39, 0.29) is 6.54 Å². The first-order valence-electron chi connectivity index (χ1n) is 6.09. The molecule has 0 aromatic carbocycles. The van der Waals surface area contributed by atoms with Gasteiger partial charge in [0.1, 0.15) is 0 Å². The summed E-state index contributed by atoms with van der Waals surface area (Å²) >= 11 is 0. The van der Waals surface area contributed by atoms with Crippen molar-refractivity contribution >= 4 is 6.03 Å². The highest BCUT2D eigenvalue weighted by Gasteiger charge is 2.28. The molecule has 104 valence electrons. The van der Waals surface area contributed by atoms with Crippen LogP contribution in [0.3, 0.4) is 0 Å². The lowest BCUT2D eigenvalue weighted by atomic mass is 9.94. The Balaban J connectivity index is 2.21. The minimum absolute atomic E-state index is 0.306. The predicted octanol–water partition coefficient (Wildman–Crippen LogP) is 2.94. The highest BCUT2D eigenvalue weighted by atomic mass is 19.4. The van der Waals surface area contributed by atoms with E-state index in [1.54, 1.807) is 0 Å². The highest BCUT2D eigenvalue weighted by Crippen LogP contribution is 2.19. The van der Waals surface area contributed by atoms with Crippen LogP contribution in [0.25, 0.3) is 0 Å². The Morgan fingerprint density at radius 3 is 2.72 bits per heavy atom. The van der Waals surface area contributed by atoms with Crippen LogP contribution in [0.5, 0.6) is 0 Å². The first-order chi connectivity index (χ1) is 8.38. The molecule has 0 aliphatic heterocycles. The Hall–Kier alpha value is -1.20. The predicted molar refractivity (Wildman–Crippen MR) is 63.2 cm³/mol. The standard InChI is InChI=1S/C12H19F3N2O/c1-17(8-7-12(13,14)15)11(18)16-9-10-5-3-2-4-6-10/h2-3,10H,4-9H2,1H3,(H,16,18). The van der Waals surface area contributed by atoms with E-state index in [0.717, 1.165) is 24.2 Å². The molecule has 0 saturated carbocycles. The summed E-state index contributed by atoms with van der Waals surface area (Å²) in [4.78, 5) is 12.6. The number of hydrogen-bond acceptors (Lipinski definition) is 1. The average Bonchev–Trinajstić information content (AvgIpc) is 2.33. The SMILES string of the molecule is CN(CCC(F)(F)F)C(=O)NCC1CC=CCC1. The van der Waals surface area contributed by atoms with Gasteiger partial charge < -0.3 is 10.2 Å². The number of halogens is 3. The van der Waals surface area contributed by atoms with Crippen LogP contribution in [-0.4, -0.2) is 37.2 Å². The Bertz CT molecular complexity index is 302. The maximum absolute atomic E-state index is 12.0. The van der Waals surface area contributed by atoms with Gasteiger partial charge in [-0.1, -0.05) is 12.2 Å². The molecule has 1 aliphatic rings. The second-order valence-corrected chi connectivity index (χ2v) is 4.62. The lowest BCUT2D eigenvalue weighted by molar-refractivity contribution is -0.136. The second-order valence-electron chi connectivity index (χ2n) is 4.62. The molecular formula is C12H19F3N2O. The molecule has 0 aromatic heterocycles. The van der Waals surface area contributed by atoms with Crippen LogP contribution in [0.2, 0.25) is 0 Å². The zero-order valence-electron chi connectivity index (χ0n) is 10.5. The number of carbonyl (C=O) groups is 1. The van der Waals surface area contributed by atoms with Gasteiger partial charge in [0.2, 0.25) is 0 Å². The largest absolute Gasteiger partial charge is 0.390 e. The first kappa shape index (κ1) is 14.9. The smallest absolute Gasteiger partial charge is 0.338 e. The summed E-state index contributed by atoms with van der Waals surface area (Å²) < 4.78 is 36.0. The summed E-state index contributed by atoms with van der Waals surface area (Å²) in [6.07, 6.45) is 1.94. The van der Waals surface area contributed by atoms with E-state index in [0.29, 0.717) is 12.5 Å². The van der Waals surface area contributed by atoms with E-state index in [1.165, 1.54) is 7.05 Å². The van der Waals surface area contributed by atoms with Crippen LogP contribution in [0.1, 0.15) is 25.7 Å². The molecular weight excluding hydrogens is 245 g/mol. The molecule has 0 heterocycles. The van der Waals surface area contributed by atoms with Gasteiger partial charge in [-0.2, -0.15) is 13.2 Å². The van der Waals surface area contributed by atoms with Crippen molar-refractivity contribution in [3.05, 3.63) is 12.2 Å². The summed E-state index contributed by atoms with van der Waals surface area (Å²) in [6.45, 7) is 0.222. The van der Waals surface area contributed by atoms with Crippen molar-refractivity contribution in [3.8, 4) is 0 Å². The number of hydrogen-bond donors (Lipinski definition) is 1. The fourth-order valence-corrected chi connectivity index (χ4v) is 1.80. The van der Waals surface area contributed by atoms with Crippen LogP contribution < -0.4 is 5.32 Å². The van der Waals surface area contributed by atoms with Crippen molar-refractivity contribution in [2.24, 2.45) is 5.92 Å². The Labute approximate surface area is 105 Å². The van der Waals surface area contributed by atoms with Crippen molar-refractivity contribution in [1.82, 2.24) is 10.2 Å². The zero-order valence-corrected chi connectivity index (χ0v) is 10.5. The summed E-state index contributed by atoms with van der Waals surface area (Å²) in [5.74, 6) is 0.398. The summed E-state index contributed by atoms with van der Waals surface area (Å²) in [7, 11) is 1.38. The molecule has 1 rings (SSSR count). The van der Waals surface area contributed by atoms with Gasteiger partial charge in [-0.15, -0.1) is 0 Å². The molecule has 0 fully saturated rings. The highest BCUT2D eigenvalue weighted by molar-refractivity contribution is 5.73. The Kier molecular flexibility index (Phi) is 5.50. The number of urea groups is 1. The number of alkyl halides is 3. The normalized spacial score (nSPS) is 19.7. The summed E-state index contributed by atoms with van der Waals surface area (Å²) in [6, 6.07) is -0.436. The molecule has 0 bridgehead atoms. The van der Waals surface area contributed by atoms with E-state index in [4.69, 9.17) is 0 Å². The van der Waals surface area contributed by atoms with Gasteiger partial charge in [0.15, 0.2) is 0 Å². The number of rotatable bonds is 4. The Morgan fingerprint density at radius 2 is 2.17 bits per heavy atom. The third kappa shape index (κ3) is 5.93. The summed E-state index contributed by atoms with van der Waals surface area (Å²) in [5.41, 5.74) is 0. The fourth-order valence-electron chi connectivity index (χ4n) is 1.80. The lowest BCUT2D eigenvalue weighted by Crippen LogP contribution is -2.41. The molecule has 1 N–H and O–H groups in total. The first-order valence-corrected chi connectivity index (χ1v) is 6.09.